The van der Waals surface area contributed by atoms with Gasteiger partial charge in [-0.1, -0.05) is 0 Å². The van der Waals surface area contributed by atoms with E-state index in [9.17, 15) is 14.0 Å². The molecule has 0 saturated carbocycles. The van der Waals surface area contributed by atoms with Gasteiger partial charge in [0.2, 0.25) is 5.91 Å². The number of carbonyl (C=O) groups excluding carboxylic acids is 2. The van der Waals surface area contributed by atoms with Gasteiger partial charge in [0, 0.05) is 38.8 Å². The number of halogens is 1. The fourth-order valence-corrected chi connectivity index (χ4v) is 2.57. The Balaban J connectivity index is 2.03. The van der Waals surface area contributed by atoms with E-state index in [0.29, 0.717) is 31.6 Å². The van der Waals surface area contributed by atoms with Crippen LogP contribution >= 0.6 is 0 Å². The second-order valence-corrected chi connectivity index (χ2v) is 5.54. The number of likely N-dealkylation sites (tertiary alicyclic amines) is 1. The summed E-state index contributed by atoms with van der Waals surface area (Å²) in [4.78, 5) is 27.4. The van der Waals surface area contributed by atoms with Crippen molar-refractivity contribution in [3.63, 3.8) is 0 Å². The van der Waals surface area contributed by atoms with E-state index in [1.165, 1.54) is 18.2 Å². The molecule has 1 fully saturated rings. The standard InChI is InChI=1S/C15H20FN3O2/c1-18(2)14(20)10-5-7-19(8-6-10)15(21)12-9-11(17)3-4-13(12)16/h3-4,9-10H,5-8,17H2,1-2H3. The number of anilines is 1. The van der Waals surface area contributed by atoms with Crippen LogP contribution in [0.2, 0.25) is 0 Å². The van der Waals surface area contributed by atoms with Crippen molar-refractivity contribution in [2.75, 3.05) is 32.9 Å². The number of hydrogen-bond acceptors (Lipinski definition) is 3. The van der Waals surface area contributed by atoms with Gasteiger partial charge in [-0.2, -0.15) is 0 Å². The fraction of sp³-hybridized carbons (Fsp3) is 0.467. The smallest absolute Gasteiger partial charge is 0.256 e. The highest BCUT2D eigenvalue weighted by Crippen LogP contribution is 2.22. The quantitative estimate of drug-likeness (QED) is 0.837. The van der Waals surface area contributed by atoms with Crippen molar-refractivity contribution in [1.82, 2.24) is 9.80 Å². The molecule has 2 rings (SSSR count). The zero-order chi connectivity index (χ0) is 15.6. The molecule has 2 N–H and O–H groups in total. The topological polar surface area (TPSA) is 66.6 Å². The lowest BCUT2D eigenvalue weighted by Crippen LogP contribution is -2.43. The maximum Gasteiger partial charge on any atom is 0.256 e. The first kappa shape index (κ1) is 15.3. The lowest BCUT2D eigenvalue weighted by Gasteiger charge is -2.32. The van der Waals surface area contributed by atoms with Crippen LogP contribution in [-0.4, -0.2) is 48.8 Å². The summed E-state index contributed by atoms with van der Waals surface area (Å²) in [5.41, 5.74) is 5.95. The third kappa shape index (κ3) is 3.32. The van der Waals surface area contributed by atoms with Crippen LogP contribution in [0.3, 0.4) is 0 Å². The van der Waals surface area contributed by atoms with E-state index in [4.69, 9.17) is 5.73 Å². The molecule has 1 aliphatic rings. The number of piperidine rings is 1. The number of benzene rings is 1. The van der Waals surface area contributed by atoms with Gasteiger partial charge in [-0.25, -0.2) is 4.39 Å². The molecule has 0 spiro atoms. The number of rotatable bonds is 2. The average Bonchev–Trinajstić information content (AvgIpc) is 2.48. The molecule has 6 heteroatoms. The Morgan fingerprint density at radius 3 is 2.48 bits per heavy atom. The van der Waals surface area contributed by atoms with Crippen LogP contribution in [0.15, 0.2) is 18.2 Å². The van der Waals surface area contributed by atoms with Crippen molar-refractivity contribution < 1.29 is 14.0 Å². The molecular formula is C15H20FN3O2. The lowest BCUT2D eigenvalue weighted by atomic mass is 9.95. The van der Waals surface area contributed by atoms with Gasteiger partial charge in [0.1, 0.15) is 5.82 Å². The molecule has 21 heavy (non-hydrogen) atoms. The molecule has 1 aromatic carbocycles. The Bertz CT molecular complexity index is 552. The van der Waals surface area contributed by atoms with Gasteiger partial charge < -0.3 is 15.5 Å². The van der Waals surface area contributed by atoms with E-state index in [-0.39, 0.29) is 23.3 Å². The van der Waals surface area contributed by atoms with Crippen LogP contribution in [0.25, 0.3) is 0 Å². The van der Waals surface area contributed by atoms with Crippen molar-refractivity contribution in [1.29, 1.82) is 0 Å². The molecule has 0 radical (unpaired) electrons. The molecule has 114 valence electrons. The summed E-state index contributed by atoms with van der Waals surface area (Å²) >= 11 is 0. The highest BCUT2D eigenvalue weighted by molar-refractivity contribution is 5.95. The number of nitrogens with two attached hydrogens (primary N) is 1. The van der Waals surface area contributed by atoms with Gasteiger partial charge in [0.05, 0.1) is 5.56 Å². The van der Waals surface area contributed by atoms with Gasteiger partial charge in [-0.15, -0.1) is 0 Å². The first-order valence-electron chi connectivity index (χ1n) is 6.95. The van der Waals surface area contributed by atoms with Crippen molar-refractivity contribution in [2.45, 2.75) is 12.8 Å². The van der Waals surface area contributed by atoms with Crippen LogP contribution in [0.4, 0.5) is 10.1 Å². The summed E-state index contributed by atoms with van der Waals surface area (Å²) in [6, 6.07) is 3.98. The summed E-state index contributed by atoms with van der Waals surface area (Å²) in [6.07, 6.45) is 1.21. The van der Waals surface area contributed by atoms with E-state index >= 15 is 0 Å². The zero-order valence-electron chi connectivity index (χ0n) is 12.3. The van der Waals surface area contributed by atoms with Gasteiger partial charge in [0.25, 0.3) is 5.91 Å². The first-order valence-corrected chi connectivity index (χ1v) is 6.95. The second kappa shape index (κ2) is 6.11. The van der Waals surface area contributed by atoms with Crippen LogP contribution in [0.5, 0.6) is 0 Å². The van der Waals surface area contributed by atoms with Crippen LogP contribution in [0, 0.1) is 11.7 Å². The minimum Gasteiger partial charge on any atom is -0.399 e. The molecule has 0 bridgehead atoms. The van der Waals surface area contributed by atoms with Gasteiger partial charge >= 0.3 is 0 Å². The van der Waals surface area contributed by atoms with Crippen molar-refractivity contribution in [3.05, 3.63) is 29.6 Å². The Morgan fingerprint density at radius 1 is 1.29 bits per heavy atom. The molecule has 5 nitrogen and oxygen atoms in total. The minimum atomic E-state index is -0.569. The van der Waals surface area contributed by atoms with Crippen molar-refractivity contribution >= 4 is 17.5 Å². The highest BCUT2D eigenvalue weighted by atomic mass is 19.1. The Morgan fingerprint density at radius 2 is 1.90 bits per heavy atom. The first-order chi connectivity index (χ1) is 9.90. The predicted octanol–water partition coefficient (Wildman–Crippen LogP) is 1.35. The SMILES string of the molecule is CN(C)C(=O)C1CCN(C(=O)c2cc(N)ccc2F)CC1. The Hall–Kier alpha value is -2.11. The number of carbonyl (C=O) groups is 2. The fourth-order valence-electron chi connectivity index (χ4n) is 2.57. The largest absolute Gasteiger partial charge is 0.399 e. The number of hydrogen-bond donors (Lipinski definition) is 1. The van der Waals surface area contributed by atoms with Crippen molar-refractivity contribution in [3.8, 4) is 0 Å². The third-order valence-electron chi connectivity index (χ3n) is 3.79. The number of nitrogen functional groups attached to an aromatic ring is 1. The predicted molar refractivity (Wildman–Crippen MR) is 78.1 cm³/mol. The maximum absolute atomic E-state index is 13.7. The zero-order valence-corrected chi connectivity index (χ0v) is 12.3. The molecule has 0 aromatic heterocycles. The molecule has 1 aliphatic heterocycles. The van der Waals surface area contributed by atoms with Crippen molar-refractivity contribution in [2.24, 2.45) is 5.92 Å². The summed E-state index contributed by atoms with van der Waals surface area (Å²) in [5, 5.41) is 0. The van der Waals surface area contributed by atoms with E-state index in [1.54, 1.807) is 23.9 Å². The molecule has 1 saturated heterocycles. The summed E-state index contributed by atoms with van der Waals surface area (Å²) in [6.45, 7) is 0.911. The van der Waals surface area contributed by atoms with Gasteiger partial charge in [0.15, 0.2) is 0 Å². The molecule has 0 atom stereocenters. The molecule has 1 aromatic rings. The number of amides is 2. The van der Waals surface area contributed by atoms with Gasteiger partial charge in [-0.3, -0.25) is 9.59 Å². The average molecular weight is 293 g/mol. The van der Waals surface area contributed by atoms with Crippen LogP contribution in [-0.2, 0) is 4.79 Å². The third-order valence-corrected chi connectivity index (χ3v) is 3.79. The summed E-state index contributed by atoms with van der Waals surface area (Å²) in [7, 11) is 3.45. The second-order valence-electron chi connectivity index (χ2n) is 5.54. The minimum absolute atomic E-state index is 0.00705. The molecular weight excluding hydrogens is 273 g/mol. The highest BCUT2D eigenvalue weighted by Gasteiger charge is 2.29. The molecule has 0 aliphatic carbocycles. The molecule has 1 heterocycles. The lowest BCUT2D eigenvalue weighted by molar-refractivity contribution is -0.134. The van der Waals surface area contributed by atoms with E-state index in [1.807, 2.05) is 0 Å². The Kier molecular flexibility index (Phi) is 4.45. The van der Waals surface area contributed by atoms with E-state index in [0.717, 1.165) is 0 Å². The summed E-state index contributed by atoms with van der Waals surface area (Å²) in [5.74, 6) is -0.914. The van der Waals surface area contributed by atoms with Crippen LogP contribution in [0.1, 0.15) is 23.2 Å². The molecule has 2 amide bonds. The Labute approximate surface area is 123 Å². The van der Waals surface area contributed by atoms with E-state index < -0.39 is 5.82 Å². The number of nitrogens with zero attached hydrogens (tertiary/aromatic N) is 2. The summed E-state index contributed by atoms with van der Waals surface area (Å²) < 4.78 is 13.7. The monoisotopic (exact) mass is 293 g/mol. The normalized spacial score (nSPS) is 15.9. The van der Waals surface area contributed by atoms with E-state index in [2.05, 4.69) is 0 Å². The molecule has 0 unspecified atom stereocenters. The van der Waals surface area contributed by atoms with Crippen LogP contribution < -0.4 is 5.73 Å². The maximum atomic E-state index is 13.7. The van der Waals surface area contributed by atoms with Gasteiger partial charge in [-0.05, 0) is 31.0 Å².